The number of aromatic amines is 1. The molecule has 0 saturated heterocycles. The van der Waals surface area contributed by atoms with E-state index in [2.05, 4.69) is 0 Å². The molecule has 2 rings (SSSR count). The quantitative estimate of drug-likeness (QED) is 0.422. The molecule has 0 radical (unpaired) electrons. The Kier molecular flexibility index (Phi) is 0.625. The molecule has 50 valence electrons. The Bertz CT molecular complexity index is 399. The van der Waals surface area contributed by atoms with Crippen molar-refractivity contribution in [2.45, 2.75) is 0 Å². The van der Waals surface area contributed by atoms with Gasteiger partial charge in [-0.15, -0.1) is 0 Å². The average Bonchev–Trinajstić information content (AvgIpc) is 2.33. The Morgan fingerprint density at radius 2 is 2.40 bits per heavy atom. The van der Waals surface area contributed by atoms with E-state index in [1.165, 1.54) is 0 Å². The number of rotatable bonds is 0. The number of nitrogens with zero attached hydrogens (tertiary/aromatic N) is 1. The van der Waals surface area contributed by atoms with Gasteiger partial charge in [-0.1, -0.05) is 12.1 Å². The van der Waals surface area contributed by atoms with E-state index < -0.39 is 0 Å². The Balaban J connectivity index is 2.99. The van der Waals surface area contributed by atoms with E-state index >= 15 is 0 Å². The number of nitrogens with one attached hydrogen (secondary N) is 1. The molecule has 3 heteroatoms. The van der Waals surface area contributed by atoms with Gasteiger partial charge in [0.25, 0.3) is 0 Å². The molecule has 0 aliphatic heterocycles. The molecular weight excluding hydrogens is 128 g/mol. The number of hydrogen-bond acceptors (Lipinski definition) is 1. The molecule has 0 bridgehead atoms. The Hall–Kier alpha value is -1.51. The Morgan fingerprint density at radius 1 is 1.60 bits per heavy atom. The first kappa shape index (κ1) is 3.61. The first-order valence-electron chi connectivity index (χ1n) is 3.85. The fourth-order valence-electron chi connectivity index (χ4n) is 0.884. The van der Waals surface area contributed by atoms with Gasteiger partial charge in [0.05, 0.1) is 0 Å². The van der Waals surface area contributed by atoms with Crippen LogP contribution in [0.25, 0.3) is 11.0 Å². The van der Waals surface area contributed by atoms with Gasteiger partial charge in [-0.3, -0.25) is 0 Å². The highest BCUT2D eigenvalue weighted by atomic mass is 16.5. The molecule has 1 aromatic carbocycles. The molecule has 0 aliphatic rings. The third kappa shape index (κ3) is 0.572. The van der Waals surface area contributed by atoms with Crippen LogP contribution in [0.4, 0.5) is 0 Å². The van der Waals surface area contributed by atoms with Crippen molar-refractivity contribution in [1.82, 2.24) is 4.98 Å². The fraction of sp³-hybridized carbons (Fsp3) is 0. The molecule has 2 aromatic rings. The number of benzene rings is 1. The van der Waals surface area contributed by atoms with E-state index in [1.807, 2.05) is 0 Å². The molecule has 0 spiro atoms. The van der Waals surface area contributed by atoms with Crippen molar-refractivity contribution in [2.75, 3.05) is 0 Å². The summed E-state index contributed by atoms with van der Waals surface area (Å²) in [6.07, 6.45) is -0.365. The zero-order valence-corrected chi connectivity index (χ0v) is 5.11. The van der Waals surface area contributed by atoms with Crippen molar-refractivity contribution in [3.63, 3.8) is 0 Å². The van der Waals surface area contributed by atoms with Crippen molar-refractivity contribution in [2.24, 2.45) is 0 Å². The van der Waals surface area contributed by atoms with Gasteiger partial charge in [0.15, 0.2) is 12.4 Å². The van der Waals surface area contributed by atoms with Crippen molar-refractivity contribution in [3.8, 4) is 0 Å². The fourth-order valence-corrected chi connectivity index (χ4v) is 0.884. The first-order valence-corrected chi connectivity index (χ1v) is 2.90. The van der Waals surface area contributed by atoms with Gasteiger partial charge >= 0.3 is 1.41 Å². The molecule has 0 unspecified atom stereocenters. The van der Waals surface area contributed by atoms with Crippen LogP contribution < -0.4 is 4.73 Å². The van der Waals surface area contributed by atoms with Gasteiger partial charge in [-0.25, -0.2) is 9.71 Å². The summed E-state index contributed by atoms with van der Waals surface area (Å²) in [5.41, 5.74) is 0.815. The van der Waals surface area contributed by atoms with Gasteiger partial charge in [0.2, 0.25) is 6.30 Å². The maximum Gasteiger partial charge on any atom is 0.312 e. The van der Waals surface area contributed by atoms with Gasteiger partial charge in [0, 0.05) is 0 Å². The Morgan fingerprint density at radius 3 is 3.20 bits per heavy atom. The van der Waals surface area contributed by atoms with Crippen LogP contribution >= 0.6 is 0 Å². The monoisotopic (exact) mass is 136 g/mol. The average molecular weight is 136 g/mol. The lowest BCUT2D eigenvalue weighted by Gasteiger charge is -1.93. The van der Waals surface area contributed by atoms with E-state index in [1.54, 1.807) is 24.3 Å². The minimum atomic E-state index is -0.365. The molecule has 0 saturated carbocycles. The van der Waals surface area contributed by atoms with E-state index in [0.29, 0.717) is 15.8 Å². The smallest absolute Gasteiger partial charge is 0.312 e. The predicted octanol–water partition coefficient (Wildman–Crippen LogP) is 0.801. The molecule has 0 atom stereocenters. The molecule has 1 heterocycles. The summed E-state index contributed by atoms with van der Waals surface area (Å²) in [6.45, 7) is 0. The standard InChI is InChI=1S/C7H6N2O/c10-9-5-8-6-3-1-2-4-7(6)9/h1-5,8H/i5D/hD. The third-order valence-electron chi connectivity index (χ3n) is 1.36. The summed E-state index contributed by atoms with van der Waals surface area (Å²) >= 11 is 0. The molecule has 3 nitrogen and oxygen atoms in total. The van der Waals surface area contributed by atoms with E-state index in [0.717, 1.165) is 4.98 Å². The highest BCUT2D eigenvalue weighted by molar-refractivity contribution is 5.70. The SMILES string of the molecule is [2H]c1n([2H])c2ccccc2[n+]1[O-]. The molecule has 1 N–H and O–H groups in total. The number of hydrogen-bond donors (Lipinski definition) is 1. The maximum atomic E-state index is 11.1. The van der Waals surface area contributed by atoms with Crippen LogP contribution in [-0.2, 0) is 0 Å². The number of fused-ring (bicyclic) bond motifs is 1. The highest BCUT2D eigenvalue weighted by Crippen LogP contribution is 2.03. The summed E-state index contributed by atoms with van der Waals surface area (Å²) in [4.78, 5) is 0.808. The third-order valence-corrected chi connectivity index (χ3v) is 1.36. The van der Waals surface area contributed by atoms with Crippen LogP contribution in [0.2, 0.25) is 1.41 Å². The van der Waals surface area contributed by atoms with Crippen LogP contribution in [0.3, 0.4) is 0 Å². The van der Waals surface area contributed by atoms with Crippen molar-refractivity contribution >= 4 is 11.0 Å². The van der Waals surface area contributed by atoms with Gasteiger partial charge in [-0.2, -0.15) is 0 Å². The second-order valence-corrected chi connectivity index (χ2v) is 1.99. The maximum absolute atomic E-state index is 11.1. The lowest BCUT2D eigenvalue weighted by Crippen LogP contribution is -2.22. The molecule has 0 amide bonds. The summed E-state index contributed by atoms with van der Waals surface area (Å²) < 4.78 is 14.9. The molecule has 0 fully saturated rings. The molecule has 0 aliphatic carbocycles. The lowest BCUT2D eigenvalue weighted by molar-refractivity contribution is -0.576. The van der Waals surface area contributed by atoms with E-state index in [-0.39, 0.29) is 6.30 Å². The summed E-state index contributed by atoms with van der Waals surface area (Å²) in [7, 11) is 0. The normalized spacial score (nSPS) is 13.2. The van der Waals surface area contributed by atoms with Crippen LogP contribution in [0.15, 0.2) is 30.6 Å². The number of para-hydroxylation sites is 2. The van der Waals surface area contributed by atoms with Gasteiger partial charge in [-0.05, 0) is 12.1 Å². The van der Waals surface area contributed by atoms with Gasteiger partial charge in [0.1, 0.15) is 0 Å². The first-order chi connectivity index (χ1) is 5.72. The lowest BCUT2D eigenvalue weighted by atomic mass is 10.3. The summed E-state index contributed by atoms with van der Waals surface area (Å²) in [5, 5.41) is 11.1. The number of imidazole rings is 1. The van der Waals surface area contributed by atoms with E-state index in [4.69, 9.17) is 2.78 Å². The highest BCUT2D eigenvalue weighted by Gasteiger charge is 1.99. The topological polar surface area (TPSA) is 42.7 Å². The van der Waals surface area contributed by atoms with Gasteiger partial charge < -0.3 is 5.21 Å². The van der Waals surface area contributed by atoms with Crippen molar-refractivity contribution < 1.29 is 7.51 Å². The largest absolute Gasteiger partial charge is 0.710 e. The summed E-state index contributed by atoms with van der Waals surface area (Å²) in [6, 6.07) is 6.66. The van der Waals surface area contributed by atoms with Crippen molar-refractivity contribution in [3.05, 3.63) is 35.8 Å². The minimum absolute atomic E-state index is 0.359. The second-order valence-electron chi connectivity index (χ2n) is 1.99. The second kappa shape index (κ2) is 1.73. The van der Waals surface area contributed by atoms with Crippen LogP contribution in [-0.4, -0.2) is 4.98 Å². The minimum Gasteiger partial charge on any atom is -0.710 e. The van der Waals surface area contributed by atoms with Crippen molar-refractivity contribution in [1.29, 1.82) is 0 Å². The molecular formula is C7H6N2O. The zero-order valence-electron chi connectivity index (χ0n) is 7.11. The van der Waals surface area contributed by atoms with Crippen LogP contribution in [0.5, 0.6) is 0 Å². The number of H-pyrrole nitrogens is 1. The zero-order chi connectivity index (χ0) is 8.72. The molecule has 1 aromatic heterocycles. The van der Waals surface area contributed by atoms with E-state index in [9.17, 15) is 5.21 Å². The summed E-state index contributed by atoms with van der Waals surface area (Å²) in [5.74, 6) is 0. The predicted molar refractivity (Wildman–Crippen MR) is 37.3 cm³/mol. The molecule has 10 heavy (non-hydrogen) atoms. The Labute approximate surface area is 60.4 Å². The van der Waals surface area contributed by atoms with Crippen LogP contribution in [0.1, 0.15) is 1.37 Å². The van der Waals surface area contributed by atoms with Crippen LogP contribution in [0, 0.1) is 5.21 Å². The number of aromatic nitrogens is 2.